The van der Waals surface area contributed by atoms with Crippen LogP contribution in [0, 0.1) is 0 Å². The van der Waals surface area contributed by atoms with Gasteiger partial charge in [0.15, 0.2) is 0 Å². The predicted octanol–water partition coefficient (Wildman–Crippen LogP) is 3.03. The third-order valence-electron chi connectivity index (χ3n) is 3.64. The van der Waals surface area contributed by atoms with Crippen molar-refractivity contribution in [1.29, 1.82) is 0 Å². The van der Waals surface area contributed by atoms with E-state index in [1.165, 1.54) is 0 Å². The summed E-state index contributed by atoms with van der Waals surface area (Å²) in [5, 5.41) is 2.90. The Morgan fingerprint density at radius 2 is 1.88 bits per heavy atom. The van der Waals surface area contributed by atoms with Gasteiger partial charge in [-0.3, -0.25) is 14.8 Å². The minimum Gasteiger partial charge on any atom is -0.489 e. The number of rotatable bonds is 7. The van der Waals surface area contributed by atoms with E-state index in [1.54, 1.807) is 42.9 Å². The number of nitrogens with zero attached hydrogens (tertiary/aromatic N) is 2. The van der Waals surface area contributed by atoms with Gasteiger partial charge in [0.25, 0.3) is 5.91 Å². The van der Waals surface area contributed by atoms with Crippen LogP contribution >= 0.6 is 0 Å². The average molecular weight is 333 g/mol. The summed E-state index contributed by atoms with van der Waals surface area (Å²) < 4.78 is 5.69. The van der Waals surface area contributed by atoms with Gasteiger partial charge in [-0.15, -0.1) is 0 Å². The lowest BCUT2D eigenvalue weighted by Gasteiger charge is -2.08. The molecule has 0 fully saturated rings. The second kappa shape index (κ2) is 8.59. The Morgan fingerprint density at radius 1 is 1.00 bits per heavy atom. The molecule has 1 amide bonds. The van der Waals surface area contributed by atoms with Gasteiger partial charge in [0.2, 0.25) is 0 Å². The van der Waals surface area contributed by atoms with Crippen LogP contribution in [0.15, 0.2) is 73.2 Å². The van der Waals surface area contributed by atoms with E-state index < -0.39 is 0 Å². The molecule has 0 saturated carbocycles. The zero-order chi connectivity index (χ0) is 17.3. The van der Waals surface area contributed by atoms with Crippen LogP contribution in [0.2, 0.25) is 0 Å². The summed E-state index contributed by atoms with van der Waals surface area (Å²) in [5.41, 5.74) is 2.57. The number of nitrogens with one attached hydrogen (secondary N) is 1. The van der Waals surface area contributed by atoms with Crippen LogP contribution in [0.1, 0.15) is 21.6 Å². The van der Waals surface area contributed by atoms with Gasteiger partial charge >= 0.3 is 0 Å². The Kier molecular flexibility index (Phi) is 5.72. The zero-order valence-corrected chi connectivity index (χ0v) is 13.8. The highest BCUT2D eigenvalue weighted by molar-refractivity contribution is 5.94. The molecule has 2 heterocycles. The van der Waals surface area contributed by atoms with Crippen LogP contribution in [-0.4, -0.2) is 22.4 Å². The smallest absolute Gasteiger partial charge is 0.251 e. The van der Waals surface area contributed by atoms with Crippen LogP contribution in [0.3, 0.4) is 0 Å². The van der Waals surface area contributed by atoms with Crippen molar-refractivity contribution in [2.24, 2.45) is 0 Å². The minimum absolute atomic E-state index is 0.102. The number of ether oxygens (including phenoxy) is 1. The monoisotopic (exact) mass is 333 g/mol. The third kappa shape index (κ3) is 5.14. The number of aromatic nitrogens is 2. The molecule has 126 valence electrons. The maximum absolute atomic E-state index is 12.1. The Hall–Kier alpha value is -3.21. The fraction of sp³-hybridized carbons (Fsp3) is 0.150. The van der Waals surface area contributed by atoms with Crippen molar-refractivity contribution in [3.8, 4) is 5.75 Å². The van der Waals surface area contributed by atoms with E-state index in [9.17, 15) is 4.79 Å². The average Bonchev–Trinajstić information content (AvgIpc) is 2.68. The predicted molar refractivity (Wildman–Crippen MR) is 95.3 cm³/mol. The minimum atomic E-state index is -0.102. The molecule has 0 bridgehead atoms. The standard InChI is InChI=1S/C20H19N3O2/c24-20(23-13-10-18-5-1-2-12-22-18)17-6-8-19(9-7-17)25-15-16-4-3-11-21-14-16/h1-9,11-12,14H,10,13,15H2,(H,23,24). The highest BCUT2D eigenvalue weighted by Gasteiger charge is 2.05. The Bertz CT molecular complexity index is 790. The maximum atomic E-state index is 12.1. The first kappa shape index (κ1) is 16.6. The van der Waals surface area contributed by atoms with Crippen LogP contribution in [-0.2, 0) is 13.0 Å². The lowest BCUT2D eigenvalue weighted by Crippen LogP contribution is -2.25. The van der Waals surface area contributed by atoms with Gasteiger partial charge in [-0.2, -0.15) is 0 Å². The van der Waals surface area contributed by atoms with E-state index in [0.717, 1.165) is 11.3 Å². The molecule has 5 nitrogen and oxygen atoms in total. The topological polar surface area (TPSA) is 64.1 Å². The molecule has 2 aromatic heterocycles. The molecule has 0 aliphatic carbocycles. The normalized spacial score (nSPS) is 10.2. The number of benzene rings is 1. The van der Waals surface area contributed by atoms with Crippen molar-refractivity contribution in [2.75, 3.05) is 6.54 Å². The first-order chi connectivity index (χ1) is 12.3. The molecular formula is C20H19N3O2. The molecule has 1 aromatic carbocycles. The van der Waals surface area contributed by atoms with Crippen molar-refractivity contribution in [3.63, 3.8) is 0 Å². The van der Waals surface area contributed by atoms with Crippen molar-refractivity contribution in [2.45, 2.75) is 13.0 Å². The molecule has 1 N–H and O–H groups in total. The van der Waals surface area contributed by atoms with Crippen LogP contribution in [0.5, 0.6) is 5.75 Å². The first-order valence-electron chi connectivity index (χ1n) is 8.11. The van der Waals surface area contributed by atoms with Crippen LogP contribution in [0.4, 0.5) is 0 Å². The highest BCUT2D eigenvalue weighted by Crippen LogP contribution is 2.14. The van der Waals surface area contributed by atoms with E-state index in [2.05, 4.69) is 15.3 Å². The lowest BCUT2D eigenvalue weighted by molar-refractivity contribution is 0.0954. The van der Waals surface area contributed by atoms with Gasteiger partial charge in [-0.05, 0) is 42.5 Å². The molecule has 0 radical (unpaired) electrons. The van der Waals surface area contributed by atoms with E-state index in [-0.39, 0.29) is 5.91 Å². The summed E-state index contributed by atoms with van der Waals surface area (Å²) in [6.45, 7) is 0.999. The van der Waals surface area contributed by atoms with Gasteiger partial charge in [0.05, 0.1) is 0 Å². The number of hydrogen-bond donors (Lipinski definition) is 1. The van der Waals surface area contributed by atoms with E-state index in [4.69, 9.17) is 4.74 Å². The Balaban J connectivity index is 1.47. The molecule has 0 unspecified atom stereocenters. The number of carbonyl (C=O) groups is 1. The second-order valence-electron chi connectivity index (χ2n) is 5.50. The molecule has 0 atom stereocenters. The quantitative estimate of drug-likeness (QED) is 0.722. The van der Waals surface area contributed by atoms with Crippen molar-refractivity contribution >= 4 is 5.91 Å². The molecule has 3 aromatic rings. The summed E-state index contributed by atoms with van der Waals surface area (Å²) in [5.74, 6) is 0.614. The molecule has 25 heavy (non-hydrogen) atoms. The molecule has 0 aliphatic rings. The number of amides is 1. The van der Waals surface area contributed by atoms with Gasteiger partial charge in [-0.1, -0.05) is 12.1 Å². The molecule has 5 heteroatoms. The van der Waals surface area contributed by atoms with Crippen molar-refractivity contribution in [3.05, 3.63) is 90.0 Å². The molecule has 3 rings (SSSR count). The van der Waals surface area contributed by atoms with E-state index >= 15 is 0 Å². The van der Waals surface area contributed by atoms with Gasteiger partial charge < -0.3 is 10.1 Å². The SMILES string of the molecule is O=C(NCCc1ccccn1)c1ccc(OCc2cccnc2)cc1. The number of pyridine rings is 2. The summed E-state index contributed by atoms with van der Waals surface area (Å²) in [6.07, 6.45) is 5.95. The first-order valence-corrected chi connectivity index (χ1v) is 8.11. The fourth-order valence-corrected chi connectivity index (χ4v) is 2.30. The van der Waals surface area contributed by atoms with Gasteiger partial charge in [0.1, 0.15) is 12.4 Å². The van der Waals surface area contributed by atoms with E-state index in [0.29, 0.717) is 30.9 Å². The largest absolute Gasteiger partial charge is 0.489 e. The summed E-state index contributed by atoms with van der Waals surface area (Å²) in [6, 6.07) is 16.7. The third-order valence-corrected chi connectivity index (χ3v) is 3.64. The molecule has 0 spiro atoms. The molecule has 0 saturated heterocycles. The van der Waals surface area contributed by atoms with Crippen molar-refractivity contribution < 1.29 is 9.53 Å². The second-order valence-corrected chi connectivity index (χ2v) is 5.50. The zero-order valence-electron chi connectivity index (χ0n) is 13.8. The summed E-state index contributed by atoms with van der Waals surface area (Å²) in [4.78, 5) is 20.4. The highest BCUT2D eigenvalue weighted by atomic mass is 16.5. The number of hydrogen-bond acceptors (Lipinski definition) is 4. The van der Waals surface area contributed by atoms with Crippen molar-refractivity contribution in [1.82, 2.24) is 15.3 Å². The van der Waals surface area contributed by atoms with Crippen LogP contribution < -0.4 is 10.1 Å². The summed E-state index contributed by atoms with van der Waals surface area (Å²) in [7, 11) is 0. The fourth-order valence-electron chi connectivity index (χ4n) is 2.30. The number of carbonyl (C=O) groups excluding carboxylic acids is 1. The van der Waals surface area contributed by atoms with Gasteiger partial charge in [0, 0.05) is 48.4 Å². The van der Waals surface area contributed by atoms with Crippen LogP contribution in [0.25, 0.3) is 0 Å². The lowest BCUT2D eigenvalue weighted by atomic mass is 10.2. The molecule has 0 aliphatic heterocycles. The van der Waals surface area contributed by atoms with Gasteiger partial charge in [-0.25, -0.2) is 0 Å². The Labute approximate surface area is 146 Å². The summed E-state index contributed by atoms with van der Waals surface area (Å²) >= 11 is 0. The molecular weight excluding hydrogens is 314 g/mol. The maximum Gasteiger partial charge on any atom is 0.251 e. The van der Waals surface area contributed by atoms with E-state index in [1.807, 2.05) is 30.3 Å². The Morgan fingerprint density at radius 3 is 2.60 bits per heavy atom.